The molecule has 0 aromatic carbocycles. The van der Waals surface area contributed by atoms with Crippen LogP contribution >= 0.6 is 0 Å². The summed E-state index contributed by atoms with van der Waals surface area (Å²) in [7, 11) is 0. The van der Waals surface area contributed by atoms with Crippen molar-refractivity contribution < 1.29 is 67.0 Å². The van der Waals surface area contributed by atoms with Gasteiger partial charge in [-0.15, -0.1) is 0 Å². The van der Waals surface area contributed by atoms with Crippen LogP contribution in [0.15, 0.2) is 23.8 Å². The van der Waals surface area contributed by atoms with Crippen LogP contribution in [0.25, 0.3) is 0 Å². The van der Waals surface area contributed by atoms with Crippen LogP contribution < -0.4 is 0 Å². The normalized spacial score (nSPS) is 43.4. The largest absolute Gasteiger partial charge is 0.459 e. The van der Waals surface area contributed by atoms with E-state index in [-0.39, 0.29) is 5.57 Å². The maximum Gasteiger partial charge on any atom is 0.342 e. The summed E-state index contributed by atoms with van der Waals surface area (Å²) in [6.45, 7) is 11.5. The number of carbonyl (C=O) groups excluding carboxylic acids is 6. The quantitative estimate of drug-likeness (QED) is 0.198. The Morgan fingerprint density at radius 2 is 1.32 bits per heavy atom. The molecule has 0 amide bonds. The Morgan fingerprint density at radius 1 is 0.795 bits per heavy atom. The first-order chi connectivity index (χ1) is 20.2. The van der Waals surface area contributed by atoms with Gasteiger partial charge in [-0.25, -0.2) is 4.79 Å². The lowest BCUT2D eigenvalue weighted by Gasteiger charge is -2.56. The zero-order chi connectivity index (χ0) is 33.2. The van der Waals surface area contributed by atoms with E-state index >= 15 is 0 Å². The molecule has 11 atom stereocenters. The summed E-state index contributed by atoms with van der Waals surface area (Å²) in [5.74, 6) is -6.17. The van der Waals surface area contributed by atoms with Crippen LogP contribution in [0.2, 0.25) is 0 Å². The highest BCUT2D eigenvalue weighted by Gasteiger charge is 2.88. The first-order valence-corrected chi connectivity index (χ1v) is 14.1. The maximum atomic E-state index is 13.2. The van der Waals surface area contributed by atoms with Crippen LogP contribution in [0.4, 0.5) is 0 Å². The van der Waals surface area contributed by atoms with E-state index in [4.69, 9.17) is 33.2 Å². The number of fused-ring (bicyclic) bond motifs is 1. The molecule has 2 aliphatic heterocycles. The van der Waals surface area contributed by atoms with Gasteiger partial charge >= 0.3 is 35.8 Å². The molecule has 0 unspecified atom stereocenters. The van der Waals surface area contributed by atoms with Crippen molar-refractivity contribution in [2.45, 2.75) is 116 Å². The Kier molecular flexibility index (Phi) is 8.27. The Balaban J connectivity index is 2.14. The van der Waals surface area contributed by atoms with Gasteiger partial charge in [-0.3, -0.25) is 24.0 Å². The Labute approximate surface area is 253 Å². The summed E-state index contributed by atoms with van der Waals surface area (Å²) < 4.78 is 40.4. The smallest absolute Gasteiger partial charge is 0.342 e. The van der Waals surface area contributed by atoms with Gasteiger partial charge in [0.25, 0.3) is 0 Å². The molecule has 0 aromatic heterocycles. The zero-order valence-corrected chi connectivity index (χ0v) is 26.0. The molecule has 1 spiro atoms. The Hall–Kier alpha value is -3.78. The highest BCUT2D eigenvalue weighted by Crippen LogP contribution is 2.65. The third-order valence-electron chi connectivity index (χ3n) is 8.90. The molecule has 44 heavy (non-hydrogen) atoms. The van der Waals surface area contributed by atoms with E-state index in [0.717, 1.165) is 34.6 Å². The lowest BCUT2D eigenvalue weighted by molar-refractivity contribution is -0.233. The van der Waals surface area contributed by atoms with E-state index in [0.29, 0.717) is 0 Å². The van der Waals surface area contributed by atoms with E-state index < -0.39 is 101 Å². The van der Waals surface area contributed by atoms with Crippen molar-refractivity contribution in [1.82, 2.24) is 0 Å². The fraction of sp³-hybridized carbons (Fsp3) is 0.667. The molecule has 0 radical (unpaired) electrons. The molecule has 242 valence electrons. The van der Waals surface area contributed by atoms with Crippen LogP contribution in [0.3, 0.4) is 0 Å². The van der Waals surface area contributed by atoms with Crippen LogP contribution in [0.5, 0.6) is 0 Å². The number of rotatable bonds is 5. The molecule has 14 nitrogen and oxygen atoms in total. The number of carbonyl (C=O) groups is 6. The first-order valence-electron chi connectivity index (χ1n) is 14.1. The molecule has 0 saturated carbocycles. The minimum Gasteiger partial charge on any atom is -0.459 e. The molecule has 2 fully saturated rings. The van der Waals surface area contributed by atoms with Gasteiger partial charge in [-0.05, 0) is 38.5 Å². The van der Waals surface area contributed by atoms with Gasteiger partial charge in [-0.1, -0.05) is 13.0 Å². The summed E-state index contributed by atoms with van der Waals surface area (Å²) >= 11 is 0. The molecule has 0 bridgehead atoms. The molecular weight excluding hydrogens is 584 g/mol. The summed E-state index contributed by atoms with van der Waals surface area (Å²) in [4.78, 5) is 75.7. The van der Waals surface area contributed by atoms with Crippen LogP contribution in [-0.2, 0) is 61.9 Å². The molecule has 2 heterocycles. The monoisotopic (exact) mass is 622 g/mol. The highest BCUT2D eigenvalue weighted by atomic mass is 16.7. The molecule has 4 rings (SSSR count). The Morgan fingerprint density at radius 3 is 1.82 bits per heavy atom. The summed E-state index contributed by atoms with van der Waals surface area (Å²) in [6.07, 6.45) is -4.30. The standard InChI is InChI=1S/C30H38O14/c1-13-12-20-30(29(9,44-30)26(36)43-20)25(42-18(6)35)23-27(7,11-10-19(28(23,8)37)38-14(2)31)24(41-17(5)34)22(40-16(4)33)21(13)39-15(3)32/h10-12,19-25,37H,1-9H3/b13-12-/t19-,20+,21+,22-,23-,24+,25-,27-,28-,29+,30+/m1/s1. The lowest BCUT2D eigenvalue weighted by Crippen LogP contribution is -2.69. The average Bonchev–Trinajstić information content (AvgIpc) is 3.46. The van der Waals surface area contributed by atoms with E-state index in [9.17, 15) is 33.9 Å². The molecule has 4 aliphatic rings. The Bertz CT molecular complexity index is 1350. The molecular formula is C30H38O14. The number of aliphatic hydroxyl groups is 1. The molecule has 1 N–H and O–H groups in total. The highest BCUT2D eigenvalue weighted by molar-refractivity contribution is 5.89. The van der Waals surface area contributed by atoms with E-state index in [1.807, 2.05) is 0 Å². The fourth-order valence-electron chi connectivity index (χ4n) is 7.16. The van der Waals surface area contributed by atoms with Crippen LogP contribution in [0, 0.1) is 11.3 Å². The second-order valence-corrected chi connectivity index (χ2v) is 12.3. The van der Waals surface area contributed by atoms with Gasteiger partial charge in [0.15, 0.2) is 35.6 Å². The first kappa shape index (κ1) is 33.1. The predicted octanol–water partition coefficient (Wildman–Crippen LogP) is 1.00. The second-order valence-electron chi connectivity index (χ2n) is 12.3. The predicted molar refractivity (Wildman–Crippen MR) is 145 cm³/mol. The molecule has 2 saturated heterocycles. The van der Waals surface area contributed by atoms with Gasteiger partial charge in [0.1, 0.15) is 17.8 Å². The van der Waals surface area contributed by atoms with Crippen molar-refractivity contribution in [2.24, 2.45) is 11.3 Å². The van der Waals surface area contributed by atoms with Gasteiger partial charge in [0, 0.05) is 46.0 Å². The summed E-state index contributed by atoms with van der Waals surface area (Å²) in [6, 6.07) is 0. The van der Waals surface area contributed by atoms with E-state index in [2.05, 4.69) is 0 Å². The summed E-state index contributed by atoms with van der Waals surface area (Å²) in [5, 5.41) is 12.3. The van der Waals surface area contributed by atoms with Crippen molar-refractivity contribution in [1.29, 1.82) is 0 Å². The van der Waals surface area contributed by atoms with Gasteiger partial charge in [-0.2, -0.15) is 0 Å². The zero-order valence-electron chi connectivity index (χ0n) is 26.0. The van der Waals surface area contributed by atoms with Gasteiger partial charge < -0.3 is 38.3 Å². The lowest BCUT2D eigenvalue weighted by atomic mass is 9.55. The topological polar surface area (TPSA) is 191 Å². The third kappa shape index (κ3) is 5.17. The van der Waals surface area contributed by atoms with Crippen molar-refractivity contribution in [3.05, 3.63) is 23.8 Å². The number of hydrogen-bond donors (Lipinski definition) is 1. The second kappa shape index (κ2) is 11.0. The van der Waals surface area contributed by atoms with Gasteiger partial charge in [0.05, 0.1) is 0 Å². The molecule has 14 heteroatoms. The van der Waals surface area contributed by atoms with Crippen molar-refractivity contribution in [3.63, 3.8) is 0 Å². The maximum absolute atomic E-state index is 13.2. The average molecular weight is 623 g/mol. The SMILES string of the molecule is CC(=O)O[C@@H]1[C@@H](OC(C)=O)/C(C)=C\[C@@H]2OC(=O)[C@]3(C)O[C@]23[C@H](OC(C)=O)[C@H]2[C@](C)(O)[C@H](OC(C)=O)C=C[C@@]2(C)[C@H]1OC(C)=O. The van der Waals surface area contributed by atoms with Crippen molar-refractivity contribution in [2.75, 3.05) is 0 Å². The van der Waals surface area contributed by atoms with Crippen molar-refractivity contribution in [3.8, 4) is 0 Å². The number of esters is 6. The number of epoxide rings is 1. The van der Waals surface area contributed by atoms with Gasteiger partial charge in [0.2, 0.25) is 0 Å². The van der Waals surface area contributed by atoms with Crippen molar-refractivity contribution >= 4 is 35.8 Å². The molecule has 0 aromatic rings. The van der Waals surface area contributed by atoms with Crippen LogP contribution in [-0.4, -0.2) is 94.3 Å². The van der Waals surface area contributed by atoms with E-state index in [1.165, 1.54) is 39.0 Å². The minimum absolute atomic E-state index is 0.230. The molecule has 2 aliphatic carbocycles. The number of hydrogen-bond acceptors (Lipinski definition) is 14. The van der Waals surface area contributed by atoms with E-state index in [1.54, 1.807) is 6.92 Å². The number of ether oxygens (including phenoxy) is 7. The third-order valence-corrected chi connectivity index (χ3v) is 8.90. The van der Waals surface area contributed by atoms with Crippen LogP contribution in [0.1, 0.15) is 62.3 Å². The minimum atomic E-state index is -2.12. The fourth-order valence-corrected chi connectivity index (χ4v) is 7.16. The summed E-state index contributed by atoms with van der Waals surface area (Å²) in [5.41, 5.74) is -6.96.